The zero-order valence-electron chi connectivity index (χ0n) is 17.8. The Hall–Kier alpha value is -2.71. The van der Waals surface area contributed by atoms with Crippen molar-refractivity contribution in [2.75, 3.05) is 6.54 Å². The summed E-state index contributed by atoms with van der Waals surface area (Å²) in [5.41, 5.74) is 0.830. The summed E-state index contributed by atoms with van der Waals surface area (Å²) >= 11 is 7.26. The van der Waals surface area contributed by atoms with Crippen molar-refractivity contribution >= 4 is 35.2 Å². The van der Waals surface area contributed by atoms with Crippen LogP contribution in [-0.2, 0) is 4.79 Å². The zero-order chi connectivity index (χ0) is 22.9. The summed E-state index contributed by atoms with van der Waals surface area (Å²) in [6.45, 7) is 0.382. The lowest BCUT2D eigenvalue weighted by molar-refractivity contribution is -0.127. The van der Waals surface area contributed by atoms with Crippen molar-refractivity contribution in [1.29, 1.82) is 0 Å². The quantitative estimate of drug-likeness (QED) is 0.454. The summed E-state index contributed by atoms with van der Waals surface area (Å²) in [5.74, 6) is -0.419. The molecule has 0 unspecified atom stereocenters. The Balaban J connectivity index is 1.42. The molecular weight excluding hydrogens is 463 g/mol. The highest BCUT2D eigenvalue weighted by Crippen LogP contribution is 2.43. The maximum absolute atomic E-state index is 14.5. The van der Waals surface area contributed by atoms with Crippen molar-refractivity contribution in [1.82, 2.24) is 19.7 Å². The Morgan fingerprint density at radius 1 is 1.03 bits per heavy atom. The van der Waals surface area contributed by atoms with Gasteiger partial charge in [-0.2, -0.15) is 0 Å². The molecule has 0 radical (unpaired) electrons. The summed E-state index contributed by atoms with van der Waals surface area (Å²) < 4.78 is 16.4. The topological polar surface area (TPSA) is 68.1 Å². The van der Waals surface area contributed by atoms with E-state index in [0.29, 0.717) is 40.1 Å². The number of rotatable bonds is 5. The molecule has 0 spiro atoms. The van der Waals surface area contributed by atoms with E-state index in [1.807, 2.05) is 4.57 Å². The van der Waals surface area contributed by atoms with Crippen LogP contribution in [-0.4, -0.2) is 43.3 Å². The van der Waals surface area contributed by atoms with Crippen LogP contribution < -0.4 is 0 Å². The molecule has 2 aliphatic rings. The largest absolute Gasteiger partial charge is 0.299 e. The van der Waals surface area contributed by atoms with Crippen molar-refractivity contribution < 1.29 is 14.0 Å². The number of benzene rings is 2. The molecule has 1 saturated carbocycles. The first-order valence-electron chi connectivity index (χ1n) is 11.0. The summed E-state index contributed by atoms with van der Waals surface area (Å²) in [6, 6.07) is 13.3. The van der Waals surface area contributed by atoms with E-state index < -0.39 is 5.25 Å². The van der Waals surface area contributed by atoms with Gasteiger partial charge < -0.3 is 0 Å². The first kappa shape index (κ1) is 22.1. The number of carbonyl (C=O) groups excluding carboxylic acids is 2. The SMILES string of the molecule is O=C(c1ccc(Cl)cc1)N1CCCC[C@@H](Sc2nnc(-c3ccccc3F)n2C2CC2)C1=O. The van der Waals surface area contributed by atoms with Gasteiger partial charge in [0.25, 0.3) is 5.91 Å². The lowest BCUT2D eigenvalue weighted by Crippen LogP contribution is -2.41. The standard InChI is InChI=1S/C24H22ClFN4O2S/c25-16-10-8-15(9-11-16)22(31)29-14-4-3-7-20(23(29)32)33-24-28-27-21(30(24)17-12-13-17)18-5-1-2-6-19(18)26/h1-2,5-6,8-11,17,20H,3-4,7,12-14H2/t20-/m1/s1. The van der Waals surface area contributed by atoms with Crippen LogP contribution in [0.5, 0.6) is 0 Å². The molecule has 2 amide bonds. The molecule has 33 heavy (non-hydrogen) atoms. The third-order valence-electron chi connectivity index (χ3n) is 5.91. The van der Waals surface area contributed by atoms with E-state index in [1.165, 1.54) is 22.7 Å². The monoisotopic (exact) mass is 484 g/mol. The summed E-state index contributed by atoms with van der Waals surface area (Å²) in [6.07, 6.45) is 4.14. The lowest BCUT2D eigenvalue weighted by Gasteiger charge is -2.22. The summed E-state index contributed by atoms with van der Waals surface area (Å²) in [4.78, 5) is 27.8. The van der Waals surface area contributed by atoms with Crippen molar-refractivity contribution in [2.24, 2.45) is 0 Å². The molecule has 1 aliphatic carbocycles. The highest BCUT2D eigenvalue weighted by Gasteiger charge is 2.36. The van der Waals surface area contributed by atoms with E-state index in [4.69, 9.17) is 11.6 Å². The van der Waals surface area contributed by atoms with Gasteiger partial charge in [0.1, 0.15) is 5.82 Å². The molecule has 6 nitrogen and oxygen atoms in total. The second-order valence-corrected chi connectivity index (χ2v) is 9.90. The molecule has 0 N–H and O–H groups in total. The first-order chi connectivity index (χ1) is 16.0. The van der Waals surface area contributed by atoms with Crippen molar-refractivity contribution in [3.05, 3.63) is 64.9 Å². The highest BCUT2D eigenvalue weighted by atomic mass is 35.5. The Kier molecular flexibility index (Phi) is 6.21. The molecule has 2 fully saturated rings. The minimum Gasteiger partial charge on any atom is -0.299 e. The number of imide groups is 1. The van der Waals surface area contributed by atoms with Crippen molar-refractivity contribution in [3.63, 3.8) is 0 Å². The fraction of sp³-hybridized carbons (Fsp3) is 0.333. The predicted octanol–water partition coefficient (Wildman–Crippen LogP) is 5.39. The maximum atomic E-state index is 14.5. The number of thioether (sulfide) groups is 1. The van der Waals surface area contributed by atoms with Crippen LogP contribution in [0.25, 0.3) is 11.4 Å². The van der Waals surface area contributed by atoms with Gasteiger partial charge in [-0.15, -0.1) is 10.2 Å². The van der Waals surface area contributed by atoms with E-state index >= 15 is 0 Å². The van der Waals surface area contributed by atoms with E-state index in [2.05, 4.69) is 10.2 Å². The summed E-state index contributed by atoms with van der Waals surface area (Å²) in [5, 5.41) is 9.28. The Morgan fingerprint density at radius 3 is 2.52 bits per heavy atom. The van der Waals surface area contributed by atoms with E-state index in [-0.39, 0.29) is 23.7 Å². The average molecular weight is 485 g/mol. The van der Waals surface area contributed by atoms with Crippen LogP contribution in [0.4, 0.5) is 4.39 Å². The zero-order valence-corrected chi connectivity index (χ0v) is 19.4. The number of likely N-dealkylation sites (tertiary alicyclic amines) is 1. The molecule has 1 aromatic heterocycles. The molecule has 5 rings (SSSR count). The molecule has 9 heteroatoms. The Morgan fingerprint density at radius 2 is 1.79 bits per heavy atom. The maximum Gasteiger partial charge on any atom is 0.260 e. The number of aromatic nitrogens is 3. The first-order valence-corrected chi connectivity index (χ1v) is 12.3. The van der Waals surface area contributed by atoms with E-state index in [9.17, 15) is 14.0 Å². The van der Waals surface area contributed by atoms with Crippen LogP contribution in [0.2, 0.25) is 5.02 Å². The third-order valence-corrected chi connectivity index (χ3v) is 7.38. The lowest BCUT2D eigenvalue weighted by atomic mass is 10.2. The molecule has 1 atom stereocenters. The number of halogens is 2. The van der Waals surface area contributed by atoms with Crippen LogP contribution >= 0.6 is 23.4 Å². The van der Waals surface area contributed by atoms with E-state index in [0.717, 1.165) is 25.7 Å². The minimum atomic E-state index is -0.459. The van der Waals surface area contributed by atoms with E-state index in [1.54, 1.807) is 42.5 Å². The second-order valence-electron chi connectivity index (χ2n) is 8.29. The van der Waals surface area contributed by atoms with Gasteiger partial charge >= 0.3 is 0 Å². The smallest absolute Gasteiger partial charge is 0.260 e. The summed E-state index contributed by atoms with van der Waals surface area (Å²) in [7, 11) is 0. The van der Waals surface area contributed by atoms with Crippen LogP contribution in [0, 0.1) is 5.82 Å². The average Bonchev–Trinajstić information content (AvgIpc) is 3.60. The minimum absolute atomic E-state index is 0.199. The number of amides is 2. The molecule has 0 bridgehead atoms. The molecule has 2 heterocycles. The van der Waals surface area contributed by atoms with Gasteiger partial charge in [-0.3, -0.25) is 19.1 Å². The number of hydrogen-bond donors (Lipinski definition) is 0. The van der Waals surface area contributed by atoms with Crippen molar-refractivity contribution in [2.45, 2.75) is 48.6 Å². The second kappa shape index (κ2) is 9.27. The third kappa shape index (κ3) is 4.54. The highest BCUT2D eigenvalue weighted by molar-refractivity contribution is 8.00. The van der Waals surface area contributed by atoms with Crippen LogP contribution in [0.1, 0.15) is 48.5 Å². The van der Waals surface area contributed by atoms with Gasteiger partial charge in [0.2, 0.25) is 5.91 Å². The fourth-order valence-corrected chi connectivity index (χ4v) is 5.37. The molecule has 2 aromatic carbocycles. The van der Waals surface area contributed by atoms with Gasteiger partial charge in [-0.25, -0.2) is 4.39 Å². The van der Waals surface area contributed by atoms with Gasteiger partial charge in [0.05, 0.1) is 10.8 Å². The number of carbonyl (C=O) groups is 2. The number of hydrogen-bond acceptors (Lipinski definition) is 5. The predicted molar refractivity (Wildman–Crippen MR) is 125 cm³/mol. The van der Waals surface area contributed by atoms with Gasteiger partial charge in [0.15, 0.2) is 11.0 Å². The fourth-order valence-electron chi connectivity index (χ4n) is 4.04. The van der Waals surface area contributed by atoms with Crippen LogP contribution in [0.15, 0.2) is 53.7 Å². The molecular formula is C24H22ClFN4O2S. The van der Waals surface area contributed by atoms with Gasteiger partial charge in [-0.1, -0.05) is 41.9 Å². The van der Waals surface area contributed by atoms with Crippen LogP contribution in [0.3, 0.4) is 0 Å². The molecule has 1 saturated heterocycles. The molecule has 170 valence electrons. The van der Waals surface area contributed by atoms with Gasteiger partial charge in [-0.05, 0) is 62.1 Å². The molecule has 3 aromatic rings. The number of nitrogens with zero attached hydrogens (tertiary/aromatic N) is 4. The molecule has 1 aliphatic heterocycles. The van der Waals surface area contributed by atoms with Gasteiger partial charge in [0, 0.05) is 23.2 Å². The van der Waals surface area contributed by atoms with Crippen molar-refractivity contribution in [3.8, 4) is 11.4 Å². The normalized spacial score (nSPS) is 18.9. The Bertz CT molecular complexity index is 1200. The Labute approximate surface area is 200 Å².